The van der Waals surface area contributed by atoms with E-state index in [0.717, 1.165) is 6.42 Å². The third kappa shape index (κ3) is 3.86. The molecule has 2 N–H and O–H groups in total. The molecule has 0 bridgehead atoms. The molecule has 0 aliphatic heterocycles. The number of aliphatic hydroxyl groups excluding tert-OH is 1. The van der Waals surface area contributed by atoms with Gasteiger partial charge in [-0.1, -0.05) is 109 Å². The van der Waals surface area contributed by atoms with Crippen LogP contribution in [-0.2, 0) is 12.0 Å². The van der Waals surface area contributed by atoms with E-state index in [1.807, 2.05) is 60.7 Å². The number of hydrogen-bond acceptors (Lipinski definition) is 2. The van der Waals surface area contributed by atoms with E-state index < -0.39 is 5.60 Å². The zero-order valence-electron chi connectivity index (χ0n) is 16.2. The zero-order chi connectivity index (χ0) is 20.1. The highest BCUT2D eigenvalue weighted by atomic mass is 16.3. The molecule has 0 radical (unpaired) electrons. The predicted molar refractivity (Wildman–Crippen MR) is 118 cm³/mol. The molecular weight excluding hydrogens is 356 g/mol. The lowest BCUT2D eigenvalue weighted by atomic mass is 9.87. The summed E-state index contributed by atoms with van der Waals surface area (Å²) >= 11 is 0. The minimum atomic E-state index is -1.32. The van der Waals surface area contributed by atoms with Crippen LogP contribution in [0.15, 0.2) is 109 Å². The van der Waals surface area contributed by atoms with Gasteiger partial charge in [0.2, 0.25) is 0 Å². The summed E-state index contributed by atoms with van der Waals surface area (Å²) in [6.07, 6.45) is 1.10. The molecule has 0 aromatic heterocycles. The van der Waals surface area contributed by atoms with Crippen LogP contribution in [0.5, 0.6) is 0 Å². The summed E-state index contributed by atoms with van der Waals surface area (Å²) in [5.74, 6) is 0. The van der Waals surface area contributed by atoms with Crippen molar-refractivity contribution < 1.29 is 10.2 Å². The van der Waals surface area contributed by atoms with Crippen molar-refractivity contribution in [1.29, 1.82) is 0 Å². The average molecular weight is 380 g/mol. The summed E-state index contributed by atoms with van der Waals surface area (Å²) in [6.45, 7) is -0.332. The molecule has 0 saturated carbocycles. The first-order valence-electron chi connectivity index (χ1n) is 9.83. The Morgan fingerprint density at radius 1 is 0.552 bits per heavy atom. The normalized spacial score (nSPS) is 11.8. The van der Waals surface area contributed by atoms with Crippen LogP contribution >= 0.6 is 0 Å². The summed E-state index contributed by atoms with van der Waals surface area (Å²) in [7, 11) is 0. The van der Waals surface area contributed by atoms with E-state index in [2.05, 4.69) is 48.5 Å². The van der Waals surface area contributed by atoms with Gasteiger partial charge in [0.1, 0.15) is 5.60 Å². The minimum Gasteiger partial charge on any atom is -0.393 e. The van der Waals surface area contributed by atoms with Gasteiger partial charge in [-0.25, -0.2) is 0 Å². The SMILES string of the molecule is OCC(O)(c1ccccc1)c1ccccc1.c1ccc2c(c1)Cc1ccccc1-2. The van der Waals surface area contributed by atoms with Crippen LogP contribution in [0.4, 0.5) is 0 Å². The zero-order valence-corrected chi connectivity index (χ0v) is 16.2. The lowest BCUT2D eigenvalue weighted by Gasteiger charge is -2.26. The van der Waals surface area contributed by atoms with Crippen LogP contribution in [0, 0.1) is 0 Å². The minimum absolute atomic E-state index is 0.332. The lowest BCUT2D eigenvalue weighted by molar-refractivity contribution is 0.0173. The molecule has 29 heavy (non-hydrogen) atoms. The monoisotopic (exact) mass is 380 g/mol. The summed E-state index contributed by atoms with van der Waals surface area (Å²) in [6, 6.07) is 35.7. The Bertz CT molecular complexity index is 989. The Morgan fingerprint density at radius 3 is 1.34 bits per heavy atom. The molecule has 1 aliphatic carbocycles. The van der Waals surface area contributed by atoms with Crippen molar-refractivity contribution in [2.45, 2.75) is 12.0 Å². The molecule has 2 heteroatoms. The van der Waals surface area contributed by atoms with Gasteiger partial charge in [-0.2, -0.15) is 0 Å². The number of hydrogen-bond donors (Lipinski definition) is 2. The second kappa shape index (κ2) is 8.44. The van der Waals surface area contributed by atoms with Crippen molar-refractivity contribution in [3.63, 3.8) is 0 Å². The highest BCUT2D eigenvalue weighted by Gasteiger charge is 2.30. The molecule has 4 aromatic rings. The molecule has 1 aliphatic rings. The van der Waals surface area contributed by atoms with E-state index in [4.69, 9.17) is 0 Å². The maximum Gasteiger partial charge on any atom is 0.138 e. The molecular formula is C27H24O2. The third-order valence-electron chi connectivity index (χ3n) is 5.44. The molecule has 4 aromatic carbocycles. The van der Waals surface area contributed by atoms with Crippen LogP contribution < -0.4 is 0 Å². The van der Waals surface area contributed by atoms with E-state index in [-0.39, 0.29) is 6.61 Å². The Balaban J connectivity index is 0.000000144. The van der Waals surface area contributed by atoms with Gasteiger partial charge in [0.25, 0.3) is 0 Å². The van der Waals surface area contributed by atoms with Gasteiger partial charge in [0, 0.05) is 0 Å². The van der Waals surface area contributed by atoms with Crippen molar-refractivity contribution in [1.82, 2.24) is 0 Å². The van der Waals surface area contributed by atoms with Gasteiger partial charge in [-0.05, 0) is 39.8 Å². The van der Waals surface area contributed by atoms with Gasteiger partial charge in [0.05, 0.1) is 6.61 Å². The first-order chi connectivity index (χ1) is 14.2. The number of rotatable bonds is 3. The molecule has 5 rings (SSSR count). The summed E-state index contributed by atoms with van der Waals surface area (Å²) < 4.78 is 0. The molecule has 0 unspecified atom stereocenters. The van der Waals surface area contributed by atoms with E-state index in [0.29, 0.717) is 11.1 Å². The molecule has 0 atom stereocenters. The Labute approximate surface area is 171 Å². The Morgan fingerprint density at radius 2 is 0.931 bits per heavy atom. The van der Waals surface area contributed by atoms with Crippen LogP contribution in [0.3, 0.4) is 0 Å². The Kier molecular flexibility index (Phi) is 5.57. The first-order valence-corrected chi connectivity index (χ1v) is 9.83. The van der Waals surface area contributed by atoms with Crippen LogP contribution in [0.25, 0.3) is 11.1 Å². The van der Waals surface area contributed by atoms with Gasteiger partial charge >= 0.3 is 0 Å². The molecule has 0 heterocycles. The van der Waals surface area contributed by atoms with Crippen molar-refractivity contribution >= 4 is 0 Å². The topological polar surface area (TPSA) is 40.5 Å². The van der Waals surface area contributed by atoms with Crippen molar-refractivity contribution in [3.8, 4) is 11.1 Å². The van der Waals surface area contributed by atoms with Crippen molar-refractivity contribution in [2.75, 3.05) is 6.61 Å². The Hall–Kier alpha value is -3.20. The maximum atomic E-state index is 10.5. The highest BCUT2D eigenvalue weighted by Crippen LogP contribution is 2.35. The predicted octanol–water partition coefficient (Wildman–Crippen LogP) is 5.17. The molecule has 0 fully saturated rings. The first kappa shape index (κ1) is 19.1. The molecule has 0 spiro atoms. The van der Waals surface area contributed by atoms with Crippen LogP contribution in [0.1, 0.15) is 22.3 Å². The van der Waals surface area contributed by atoms with Gasteiger partial charge in [0.15, 0.2) is 0 Å². The second-order valence-electron chi connectivity index (χ2n) is 7.24. The fourth-order valence-corrected chi connectivity index (χ4v) is 3.86. The summed E-state index contributed by atoms with van der Waals surface area (Å²) in [5.41, 5.74) is 5.83. The van der Waals surface area contributed by atoms with Gasteiger partial charge in [-0.3, -0.25) is 0 Å². The summed E-state index contributed by atoms with van der Waals surface area (Å²) in [4.78, 5) is 0. The molecule has 144 valence electrons. The lowest BCUT2D eigenvalue weighted by Crippen LogP contribution is -2.31. The van der Waals surface area contributed by atoms with Crippen LogP contribution in [0.2, 0.25) is 0 Å². The van der Waals surface area contributed by atoms with Crippen molar-refractivity contribution in [3.05, 3.63) is 131 Å². The highest BCUT2D eigenvalue weighted by molar-refractivity contribution is 5.76. The van der Waals surface area contributed by atoms with E-state index >= 15 is 0 Å². The standard InChI is InChI=1S/C14H14O2.C13H10/c15-11-14(16,12-7-3-1-4-8-12)13-9-5-2-6-10-13;1-3-7-12-10(5-1)9-11-6-2-4-8-13(11)12/h1-10,15-16H,11H2;1-8H,9H2. The maximum absolute atomic E-state index is 10.5. The largest absolute Gasteiger partial charge is 0.393 e. The van der Waals surface area contributed by atoms with Crippen LogP contribution in [-0.4, -0.2) is 16.8 Å². The molecule has 2 nitrogen and oxygen atoms in total. The van der Waals surface area contributed by atoms with E-state index in [1.54, 1.807) is 0 Å². The van der Waals surface area contributed by atoms with Gasteiger partial charge < -0.3 is 10.2 Å². The summed E-state index contributed by atoms with van der Waals surface area (Å²) in [5, 5.41) is 20.0. The van der Waals surface area contributed by atoms with E-state index in [9.17, 15) is 10.2 Å². The van der Waals surface area contributed by atoms with Gasteiger partial charge in [-0.15, -0.1) is 0 Å². The fourth-order valence-electron chi connectivity index (χ4n) is 3.86. The molecule has 0 amide bonds. The fraction of sp³-hybridized carbons (Fsp3) is 0.111. The average Bonchev–Trinajstić information content (AvgIpc) is 3.19. The quantitative estimate of drug-likeness (QED) is 0.453. The third-order valence-corrected chi connectivity index (χ3v) is 5.44. The smallest absolute Gasteiger partial charge is 0.138 e. The van der Waals surface area contributed by atoms with Crippen molar-refractivity contribution in [2.24, 2.45) is 0 Å². The second-order valence-corrected chi connectivity index (χ2v) is 7.24. The molecule has 0 saturated heterocycles. The number of benzene rings is 4. The number of aliphatic hydroxyl groups is 2. The van der Waals surface area contributed by atoms with E-state index in [1.165, 1.54) is 22.3 Å². The number of fused-ring (bicyclic) bond motifs is 3.